The molecule has 1 aliphatic rings. The highest BCUT2D eigenvalue weighted by atomic mass is 16.1. The van der Waals surface area contributed by atoms with E-state index in [9.17, 15) is 4.79 Å². The molecule has 0 radical (unpaired) electrons. The molecule has 1 rings (SSSR count). The van der Waals surface area contributed by atoms with Crippen LogP contribution in [0.4, 0.5) is 0 Å². The van der Waals surface area contributed by atoms with Crippen LogP contribution in [0, 0.1) is 5.41 Å². The first-order chi connectivity index (χ1) is 9.84. The average Bonchev–Trinajstić information content (AvgIpc) is 2.60. The molecule has 21 heavy (non-hydrogen) atoms. The molecule has 0 fully saturated rings. The van der Waals surface area contributed by atoms with Gasteiger partial charge in [-0.15, -0.1) is 0 Å². The fourth-order valence-corrected chi connectivity index (χ4v) is 3.19. The van der Waals surface area contributed by atoms with Crippen LogP contribution < -0.4 is 11.1 Å². The number of carbonyl (C=O) groups excluding carboxylic acids is 1. The zero-order chi connectivity index (χ0) is 16.0. The van der Waals surface area contributed by atoms with Gasteiger partial charge in [-0.25, -0.2) is 0 Å². The van der Waals surface area contributed by atoms with Gasteiger partial charge in [0.25, 0.3) is 0 Å². The van der Waals surface area contributed by atoms with Crippen LogP contribution in [0.5, 0.6) is 0 Å². The van der Waals surface area contributed by atoms with E-state index in [0.29, 0.717) is 6.42 Å². The molecule has 0 bridgehead atoms. The van der Waals surface area contributed by atoms with E-state index in [4.69, 9.17) is 5.73 Å². The zero-order valence-electron chi connectivity index (χ0n) is 14.4. The van der Waals surface area contributed by atoms with Gasteiger partial charge < -0.3 is 11.1 Å². The summed E-state index contributed by atoms with van der Waals surface area (Å²) in [6, 6.07) is 0. The second-order valence-electron chi connectivity index (χ2n) is 6.53. The third kappa shape index (κ3) is 4.19. The largest absolute Gasteiger partial charge is 0.356 e. The van der Waals surface area contributed by atoms with E-state index in [1.54, 1.807) is 0 Å². The summed E-state index contributed by atoms with van der Waals surface area (Å²) < 4.78 is 0. The van der Waals surface area contributed by atoms with Crippen molar-refractivity contribution in [3.8, 4) is 0 Å². The van der Waals surface area contributed by atoms with Crippen LogP contribution >= 0.6 is 0 Å². The molecule has 1 amide bonds. The SMILES string of the molecule is CC1=C(C)C(C)(CCNC(=O)CCCCCN)C(C)=C1C. The second kappa shape index (κ2) is 7.79. The Morgan fingerprint density at radius 3 is 2.14 bits per heavy atom. The molecule has 0 heterocycles. The van der Waals surface area contributed by atoms with Crippen LogP contribution in [-0.4, -0.2) is 19.0 Å². The highest BCUT2D eigenvalue weighted by Crippen LogP contribution is 2.48. The van der Waals surface area contributed by atoms with Crippen LogP contribution in [0.3, 0.4) is 0 Å². The molecule has 0 saturated heterocycles. The lowest BCUT2D eigenvalue weighted by atomic mass is 9.76. The Hall–Kier alpha value is -1.09. The smallest absolute Gasteiger partial charge is 0.219 e. The van der Waals surface area contributed by atoms with Crippen molar-refractivity contribution in [1.29, 1.82) is 0 Å². The molecule has 0 aliphatic heterocycles. The van der Waals surface area contributed by atoms with Crippen molar-refractivity contribution >= 4 is 5.91 Å². The normalized spacial score (nSPS) is 17.6. The van der Waals surface area contributed by atoms with Crippen molar-refractivity contribution in [2.75, 3.05) is 13.1 Å². The summed E-state index contributed by atoms with van der Waals surface area (Å²) in [4.78, 5) is 11.8. The van der Waals surface area contributed by atoms with Gasteiger partial charge in [0.1, 0.15) is 0 Å². The van der Waals surface area contributed by atoms with Crippen molar-refractivity contribution in [2.45, 2.75) is 66.7 Å². The predicted octanol–water partition coefficient (Wildman–Crippen LogP) is 3.70. The molecule has 1 aliphatic carbocycles. The number of unbranched alkanes of at least 4 members (excludes halogenated alkanes) is 2. The van der Waals surface area contributed by atoms with Gasteiger partial charge >= 0.3 is 0 Å². The van der Waals surface area contributed by atoms with Crippen molar-refractivity contribution in [3.05, 3.63) is 22.3 Å². The standard InChI is InChI=1S/C18H32N2O/c1-13-14(2)16(4)18(5,15(13)3)10-12-20-17(21)9-7-6-8-11-19/h6-12,19H2,1-5H3,(H,20,21). The lowest BCUT2D eigenvalue weighted by Gasteiger charge is -2.29. The Morgan fingerprint density at radius 2 is 1.62 bits per heavy atom. The van der Waals surface area contributed by atoms with Crippen LogP contribution in [0.2, 0.25) is 0 Å². The maximum Gasteiger partial charge on any atom is 0.219 e. The molecule has 0 spiro atoms. The molecule has 0 aromatic rings. The Balaban J connectivity index is 2.41. The highest BCUT2D eigenvalue weighted by Gasteiger charge is 2.35. The van der Waals surface area contributed by atoms with Crippen molar-refractivity contribution < 1.29 is 4.79 Å². The first-order valence-electron chi connectivity index (χ1n) is 8.17. The Bertz CT molecular complexity index is 422. The molecule has 0 saturated carbocycles. The Morgan fingerprint density at radius 1 is 1.05 bits per heavy atom. The number of hydrogen-bond acceptors (Lipinski definition) is 2. The van der Waals surface area contributed by atoms with Crippen LogP contribution in [0.25, 0.3) is 0 Å². The van der Waals surface area contributed by atoms with Gasteiger partial charge in [0.2, 0.25) is 5.91 Å². The highest BCUT2D eigenvalue weighted by molar-refractivity contribution is 5.75. The maximum atomic E-state index is 11.8. The van der Waals surface area contributed by atoms with E-state index in [2.05, 4.69) is 39.9 Å². The number of nitrogens with two attached hydrogens (primary N) is 1. The number of rotatable bonds is 8. The molecule has 0 aromatic carbocycles. The molecule has 0 unspecified atom stereocenters. The molecular weight excluding hydrogens is 260 g/mol. The quantitative estimate of drug-likeness (QED) is 0.670. The maximum absolute atomic E-state index is 11.8. The first-order valence-corrected chi connectivity index (χ1v) is 8.17. The molecule has 3 nitrogen and oxygen atoms in total. The van der Waals surface area contributed by atoms with Gasteiger partial charge in [-0.1, -0.05) is 24.5 Å². The lowest BCUT2D eigenvalue weighted by molar-refractivity contribution is -0.121. The number of nitrogens with one attached hydrogen (secondary N) is 1. The summed E-state index contributed by atoms with van der Waals surface area (Å²) in [7, 11) is 0. The van der Waals surface area contributed by atoms with Gasteiger partial charge in [0.05, 0.1) is 0 Å². The Kier molecular flexibility index (Phi) is 6.66. The zero-order valence-corrected chi connectivity index (χ0v) is 14.4. The fraction of sp³-hybridized carbons (Fsp3) is 0.722. The van der Waals surface area contributed by atoms with Crippen LogP contribution in [-0.2, 0) is 4.79 Å². The third-order valence-electron chi connectivity index (χ3n) is 5.40. The minimum Gasteiger partial charge on any atom is -0.356 e. The lowest BCUT2D eigenvalue weighted by Crippen LogP contribution is -2.29. The summed E-state index contributed by atoms with van der Waals surface area (Å²) in [6.45, 7) is 12.6. The van der Waals surface area contributed by atoms with Gasteiger partial charge in [-0.2, -0.15) is 0 Å². The summed E-state index contributed by atoms with van der Waals surface area (Å²) in [5.41, 5.74) is 11.3. The Labute approximate surface area is 130 Å². The molecule has 3 N–H and O–H groups in total. The summed E-state index contributed by atoms with van der Waals surface area (Å²) in [5, 5.41) is 3.07. The number of amides is 1. The summed E-state index contributed by atoms with van der Waals surface area (Å²) in [5.74, 6) is 0.172. The predicted molar refractivity (Wildman–Crippen MR) is 90.0 cm³/mol. The van der Waals surface area contributed by atoms with Crippen molar-refractivity contribution in [3.63, 3.8) is 0 Å². The monoisotopic (exact) mass is 292 g/mol. The number of allylic oxidation sites excluding steroid dienone is 4. The summed E-state index contributed by atoms with van der Waals surface area (Å²) >= 11 is 0. The first kappa shape index (κ1) is 18.0. The van der Waals surface area contributed by atoms with E-state index in [1.165, 1.54) is 22.3 Å². The average molecular weight is 292 g/mol. The van der Waals surface area contributed by atoms with E-state index < -0.39 is 0 Å². The number of hydrogen-bond donors (Lipinski definition) is 2. The van der Waals surface area contributed by atoms with E-state index in [1.807, 2.05) is 0 Å². The number of carbonyl (C=O) groups is 1. The van der Waals surface area contributed by atoms with Gasteiger partial charge in [0, 0.05) is 18.4 Å². The van der Waals surface area contributed by atoms with E-state index in [-0.39, 0.29) is 11.3 Å². The van der Waals surface area contributed by atoms with Crippen molar-refractivity contribution in [1.82, 2.24) is 5.32 Å². The molecule has 0 atom stereocenters. The third-order valence-corrected chi connectivity index (χ3v) is 5.40. The topological polar surface area (TPSA) is 55.1 Å². The minimum absolute atomic E-state index is 0.112. The molecular formula is C18H32N2O. The minimum atomic E-state index is 0.112. The fourth-order valence-electron chi connectivity index (χ4n) is 3.19. The van der Waals surface area contributed by atoms with Gasteiger partial charge in [-0.3, -0.25) is 4.79 Å². The van der Waals surface area contributed by atoms with Gasteiger partial charge in [-0.05, 0) is 64.6 Å². The second-order valence-corrected chi connectivity index (χ2v) is 6.53. The van der Waals surface area contributed by atoms with Crippen molar-refractivity contribution in [2.24, 2.45) is 11.1 Å². The summed E-state index contributed by atoms with van der Waals surface area (Å²) in [6.07, 6.45) is 4.60. The molecule has 3 heteroatoms. The molecule has 120 valence electrons. The van der Waals surface area contributed by atoms with Gasteiger partial charge in [0.15, 0.2) is 0 Å². The van der Waals surface area contributed by atoms with E-state index in [0.717, 1.165) is 38.8 Å². The van der Waals surface area contributed by atoms with Crippen LogP contribution in [0.1, 0.15) is 66.7 Å². The van der Waals surface area contributed by atoms with E-state index >= 15 is 0 Å². The van der Waals surface area contributed by atoms with Crippen LogP contribution in [0.15, 0.2) is 22.3 Å². The molecule has 0 aromatic heterocycles.